The lowest BCUT2D eigenvalue weighted by Crippen LogP contribution is -1.97. The van der Waals surface area contributed by atoms with E-state index in [1.165, 1.54) is 5.56 Å². The number of hydrogen-bond acceptors (Lipinski definition) is 3. The van der Waals surface area contributed by atoms with Gasteiger partial charge in [0.1, 0.15) is 7.11 Å². The van der Waals surface area contributed by atoms with E-state index >= 15 is 0 Å². The summed E-state index contributed by atoms with van der Waals surface area (Å²) in [6.07, 6.45) is 3.89. The molecule has 4 heteroatoms. The summed E-state index contributed by atoms with van der Waals surface area (Å²) in [7, 11) is 1.56. The molecule has 5 aromatic rings. The Kier molecular flexibility index (Phi) is 4.02. The minimum Gasteiger partial charge on any atom is -0.399 e. The Bertz CT molecular complexity index is 1320. The molecule has 0 aliphatic carbocycles. The molecule has 0 radical (unpaired) electrons. The second-order valence-electron chi connectivity index (χ2n) is 6.83. The molecule has 4 nitrogen and oxygen atoms in total. The number of fused-ring (bicyclic) bond motifs is 4. The molecule has 0 saturated heterocycles. The zero-order chi connectivity index (χ0) is 18.9. The van der Waals surface area contributed by atoms with E-state index in [1.54, 1.807) is 13.3 Å². The lowest BCUT2D eigenvalue weighted by molar-refractivity contribution is 0.215. The van der Waals surface area contributed by atoms with Crippen molar-refractivity contribution in [3.05, 3.63) is 90.1 Å². The van der Waals surface area contributed by atoms with E-state index in [9.17, 15) is 0 Å². The first kappa shape index (κ1) is 16.5. The van der Waals surface area contributed by atoms with Gasteiger partial charge in [-0.25, -0.2) is 4.98 Å². The molecule has 136 valence electrons. The molecule has 0 atom stereocenters. The van der Waals surface area contributed by atoms with Crippen LogP contribution in [0.15, 0.2) is 84.1 Å². The monoisotopic (exact) mass is 365 g/mol. The minimum atomic E-state index is 0.789. The van der Waals surface area contributed by atoms with Crippen LogP contribution in [0.3, 0.4) is 0 Å². The second kappa shape index (κ2) is 6.82. The Morgan fingerprint density at radius 1 is 0.964 bits per heavy atom. The van der Waals surface area contributed by atoms with Gasteiger partial charge in [0.15, 0.2) is 0 Å². The minimum absolute atomic E-state index is 0.789. The van der Waals surface area contributed by atoms with Crippen LogP contribution in [0.4, 0.5) is 0 Å². The van der Waals surface area contributed by atoms with E-state index in [-0.39, 0.29) is 0 Å². The van der Waals surface area contributed by atoms with E-state index in [1.807, 2.05) is 18.2 Å². The molecule has 2 aromatic heterocycles. The van der Waals surface area contributed by atoms with Crippen molar-refractivity contribution in [2.75, 3.05) is 7.11 Å². The fraction of sp³-hybridized carbons (Fsp3) is 0.0833. The molecule has 0 unspecified atom stereocenters. The molecule has 3 aromatic carbocycles. The number of nitrogens with zero attached hydrogens (tertiary/aromatic N) is 3. The van der Waals surface area contributed by atoms with Gasteiger partial charge in [-0.05, 0) is 23.8 Å². The van der Waals surface area contributed by atoms with Gasteiger partial charge in [-0.2, -0.15) is 0 Å². The van der Waals surface area contributed by atoms with Crippen LogP contribution in [0.25, 0.3) is 32.7 Å². The van der Waals surface area contributed by atoms with Crippen molar-refractivity contribution >= 4 is 38.9 Å². The molecule has 5 rings (SSSR count). The number of rotatable bonds is 4. The standard InChI is InChI=1S/C24H19N3O/c1-28-25-14-20-16-27(15-17-7-3-2-4-8-17)22-12-11-19-13-18-9-5-6-10-21(18)26-24(19)23(20)22/h2-14,16H,15H2,1H3. The van der Waals surface area contributed by atoms with E-state index in [0.29, 0.717) is 0 Å². The lowest BCUT2D eigenvalue weighted by atomic mass is 10.1. The molecule has 0 aliphatic rings. The van der Waals surface area contributed by atoms with Gasteiger partial charge in [0.25, 0.3) is 0 Å². The molecule has 0 saturated carbocycles. The summed E-state index contributed by atoms with van der Waals surface area (Å²) in [5.41, 5.74) is 5.37. The van der Waals surface area contributed by atoms with Gasteiger partial charge in [-0.3, -0.25) is 0 Å². The van der Waals surface area contributed by atoms with Gasteiger partial charge in [-0.15, -0.1) is 0 Å². The highest BCUT2D eigenvalue weighted by Crippen LogP contribution is 2.30. The van der Waals surface area contributed by atoms with Crippen molar-refractivity contribution in [1.29, 1.82) is 0 Å². The molecule has 0 amide bonds. The third-order valence-electron chi connectivity index (χ3n) is 5.05. The number of pyridine rings is 1. The fourth-order valence-electron chi connectivity index (χ4n) is 3.78. The molecule has 0 aliphatic heterocycles. The molecule has 0 bridgehead atoms. The first-order valence-corrected chi connectivity index (χ1v) is 9.25. The number of para-hydroxylation sites is 1. The highest BCUT2D eigenvalue weighted by atomic mass is 16.6. The number of benzene rings is 3. The summed E-state index contributed by atoms with van der Waals surface area (Å²) >= 11 is 0. The van der Waals surface area contributed by atoms with Gasteiger partial charge < -0.3 is 9.40 Å². The fourth-order valence-corrected chi connectivity index (χ4v) is 3.78. The van der Waals surface area contributed by atoms with E-state index in [0.717, 1.165) is 44.8 Å². The summed E-state index contributed by atoms with van der Waals surface area (Å²) < 4.78 is 2.25. The zero-order valence-corrected chi connectivity index (χ0v) is 15.5. The molecule has 0 spiro atoms. The average molecular weight is 365 g/mol. The van der Waals surface area contributed by atoms with E-state index in [4.69, 9.17) is 9.82 Å². The highest BCUT2D eigenvalue weighted by Gasteiger charge is 2.13. The van der Waals surface area contributed by atoms with Crippen molar-refractivity contribution in [3.8, 4) is 0 Å². The topological polar surface area (TPSA) is 39.4 Å². The van der Waals surface area contributed by atoms with Crippen LogP contribution in [0, 0.1) is 0 Å². The highest BCUT2D eigenvalue weighted by molar-refractivity contribution is 6.14. The molecule has 0 fully saturated rings. The Hall–Kier alpha value is -3.66. The van der Waals surface area contributed by atoms with Crippen molar-refractivity contribution in [1.82, 2.24) is 9.55 Å². The maximum Gasteiger partial charge on any atom is 0.106 e. The SMILES string of the molecule is CON=Cc1cn(Cc2ccccc2)c2ccc3cc4ccccc4nc3c12. The summed E-state index contributed by atoms with van der Waals surface area (Å²) in [5.74, 6) is 0. The normalized spacial score (nSPS) is 11.8. The third-order valence-corrected chi connectivity index (χ3v) is 5.05. The average Bonchev–Trinajstić information content (AvgIpc) is 3.09. The summed E-state index contributed by atoms with van der Waals surface area (Å²) in [4.78, 5) is 9.92. The predicted octanol–water partition coefficient (Wildman–Crippen LogP) is 5.37. The van der Waals surface area contributed by atoms with Crippen LogP contribution in [-0.2, 0) is 11.4 Å². The van der Waals surface area contributed by atoms with Gasteiger partial charge in [0.05, 0.1) is 22.8 Å². The van der Waals surface area contributed by atoms with Crippen molar-refractivity contribution in [3.63, 3.8) is 0 Å². The third kappa shape index (κ3) is 2.79. The lowest BCUT2D eigenvalue weighted by Gasteiger charge is -2.07. The molecular weight excluding hydrogens is 346 g/mol. The first-order chi connectivity index (χ1) is 13.8. The van der Waals surface area contributed by atoms with Gasteiger partial charge in [-0.1, -0.05) is 59.8 Å². The Labute approximate surface area is 162 Å². The van der Waals surface area contributed by atoms with Crippen LogP contribution < -0.4 is 0 Å². The molecule has 2 heterocycles. The largest absolute Gasteiger partial charge is 0.399 e. The van der Waals surface area contributed by atoms with Gasteiger partial charge >= 0.3 is 0 Å². The maximum absolute atomic E-state index is 4.98. The van der Waals surface area contributed by atoms with Crippen molar-refractivity contribution < 1.29 is 4.84 Å². The summed E-state index contributed by atoms with van der Waals surface area (Å²) in [5, 5.41) is 7.38. The van der Waals surface area contributed by atoms with Crippen LogP contribution in [0.2, 0.25) is 0 Å². The van der Waals surface area contributed by atoms with Crippen LogP contribution in [0.1, 0.15) is 11.1 Å². The van der Waals surface area contributed by atoms with Gasteiger partial charge in [0, 0.05) is 34.5 Å². The summed E-state index contributed by atoms with van der Waals surface area (Å²) in [6.45, 7) is 0.789. The van der Waals surface area contributed by atoms with Gasteiger partial charge in [0.2, 0.25) is 0 Å². The molecule has 28 heavy (non-hydrogen) atoms. The Morgan fingerprint density at radius 3 is 2.64 bits per heavy atom. The zero-order valence-electron chi connectivity index (χ0n) is 15.5. The predicted molar refractivity (Wildman–Crippen MR) is 115 cm³/mol. The van der Waals surface area contributed by atoms with Crippen molar-refractivity contribution in [2.24, 2.45) is 5.16 Å². The van der Waals surface area contributed by atoms with E-state index in [2.05, 4.69) is 70.5 Å². The van der Waals surface area contributed by atoms with E-state index < -0.39 is 0 Å². The maximum atomic E-state index is 4.98. The first-order valence-electron chi connectivity index (χ1n) is 9.25. The van der Waals surface area contributed by atoms with Crippen molar-refractivity contribution in [2.45, 2.75) is 6.54 Å². The number of hydrogen-bond donors (Lipinski definition) is 0. The van der Waals surface area contributed by atoms with Crippen LogP contribution in [0.5, 0.6) is 0 Å². The molecular formula is C24H19N3O. The quantitative estimate of drug-likeness (QED) is 0.244. The van der Waals surface area contributed by atoms with Crippen LogP contribution >= 0.6 is 0 Å². The Morgan fingerprint density at radius 2 is 1.79 bits per heavy atom. The van der Waals surface area contributed by atoms with Crippen LogP contribution in [-0.4, -0.2) is 22.9 Å². The molecule has 0 N–H and O–H groups in total. The smallest absolute Gasteiger partial charge is 0.106 e. The number of aromatic nitrogens is 2. The Balaban J connectivity index is 1.79. The summed E-state index contributed by atoms with van der Waals surface area (Å²) in [6, 6.07) is 25.2. The number of oxime groups is 1. The second-order valence-corrected chi connectivity index (χ2v) is 6.83.